The van der Waals surface area contributed by atoms with Crippen LogP contribution in [0, 0.1) is 0 Å². The van der Waals surface area contributed by atoms with Crippen LogP contribution in [0.3, 0.4) is 0 Å². The lowest BCUT2D eigenvalue weighted by atomic mass is 10.1. The summed E-state index contributed by atoms with van der Waals surface area (Å²) in [5.74, 6) is 0.663. The van der Waals surface area contributed by atoms with Gasteiger partial charge in [0.05, 0.1) is 6.20 Å². The molecule has 0 unspecified atom stereocenters. The van der Waals surface area contributed by atoms with Crippen molar-refractivity contribution in [3.05, 3.63) is 54.7 Å². The summed E-state index contributed by atoms with van der Waals surface area (Å²) in [5.41, 5.74) is 2.84. The first-order valence-corrected chi connectivity index (χ1v) is 14.2. The maximum Gasteiger partial charge on any atom is 0.247 e. The summed E-state index contributed by atoms with van der Waals surface area (Å²) in [4.78, 5) is 57.6. The molecule has 214 valence electrons. The normalized spacial score (nSPS) is 18.4. The van der Waals surface area contributed by atoms with Crippen LogP contribution in [0.5, 0.6) is 0 Å². The fourth-order valence-corrected chi connectivity index (χ4v) is 5.49. The summed E-state index contributed by atoms with van der Waals surface area (Å²) in [6.07, 6.45) is 5.41. The number of benzene rings is 2. The first-order valence-electron chi connectivity index (χ1n) is 14.2. The van der Waals surface area contributed by atoms with Gasteiger partial charge in [-0.25, -0.2) is 4.98 Å². The average molecular weight is 558 g/mol. The van der Waals surface area contributed by atoms with E-state index in [2.05, 4.69) is 15.6 Å². The van der Waals surface area contributed by atoms with Gasteiger partial charge in [-0.05, 0) is 74.2 Å². The smallest absolute Gasteiger partial charge is 0.247 e. The summed E-state index contributed by atoms with van der Waals surface area (Å²) in [6, 6.07) is 13.6. The van der Waals surface area contributed by atoms with Gasteiger partial charge in [0.2, 0.25) is 29.5 Å². The minimum atomic E-state index is -0.432. The van der Waals surface area contributed by atoms with Crippen LogP contribution in [0.2, 0.25) is 0 Å². The highest BCUT2D eigenvalue weighted by Crippen LogP contribution is 2.29. The average Bonchev–Trinajstić information content (AvgIpc) is 3.78. The number of hydrogen-bond acceptors (Lipinski definition) is 6. The monoisotopic (exact) mass is 557 g/mol. The zero-order chi connectivity index (χ0) is 28.9. The van der Waals surface area contributed by atoms with Crippen molar-refractivity contribution >= 4 is 35.0 Å². The molecule has 2 atom stereocenters. The van der Waals surface area contributed by atoms with Crippen molar-refractivity contribution in [2.24, 2.45) is 0 Å². The maximum absolute atomic E-state index is 12.8. The van der Waals surface area contributed by atoms with Crippen LogP contribution in [-0.2, 0) is 19.2 Å². The van der Waals surface area contributed by atoms with Crippen molar-refractivity contribution in [1.82, 2.24) is 14.8 Å². The molecule has 2 aliphatic heterocycles. The van der Waals surface area contributed by atoms with Gasteiger partial charge in [-0.2, -0.15) is 0 Å². The molecule has 10 heteroatoms. The minimum Gasteiger partial charge on any atom is -0.436 e. The van der Waals surface area contributed by atoms with Crippen molar-refractivity contribution in [3.63, 3.8) is 0 Å². The van der Waals surface area contributed by atoms with Crippen LogP contribution in [0.15, 0.2) is 59.1 Å². The summed E-state index contributed by atoms with van der Waals surface area (Å²) < 4.78 is 5.99. The Morgan fingerprint density at radius 3 is 1.68 bits per heavy atom. The Morgan fingerprint density at radius 2 is 1.22 bits per heavy atom. The van der Waals surface area contributed by atoms with E-state index in [4.69, 9.17) is 4.42 Å². The topological polar surface area (TPSA) is 125 Å². The van der Waals surface area contributed by atoms with Crippen LogP contribution in [-0.4, -0.2) is 63.6 Å². The molecular weight excluding hydrogens is 522 g/mol. The summed E-state index contributed by atoms with van der Waals surface area (Å²) in [7, 11) is 0. The fraction of sp³-hybridized carbons (Fsp3) is 0.387. The summed E-state index contributed by atoms with van der Waals surface area (Å²) in [6.45, 7) is 4.85. The number of carbonyl (C=O) groups excluding carboxylic acids is 4. The maximum atomic E-state index is 12.8. The van der Waals surface area contributed by atoms with E-state index in [1.807, 2.05) is 24.3 Å². The highest BCUT2D eigenvalue weighted by molar-refractivity contribution is 5.98. The van der Waals surface area contributed by atoms with E-state index < -0.39 is 12.1 Å². The highest BCUT2D eigenvalue weighted by Gasteiger charge is 2.34. The van der Waals surface area contributed by atoms with E-state index >= 15 is 0 Å². The second-order valence-corrected chi connectivity index (χ2v) is 10.4. The van der Waals surface area contributed by atoms with Gasteiger partial charge in [-0.3, -0.25) is 19.2 Å². The second-order valence-electron chi connectivity index (χ2n) is 10.4. The van der Waals surface area contributed by atoms with Crippen molar-refractivity contribution < 1.29 is 23.6 Å². The Bertz CT molecular complexity index is 1310. The van der Waals surface area contributed by atoms with Gasteiger partial charge in [0.15, 0.2) is 5.76 Å². The molecule has 3 heterocycles. The predicted molar refractivity (Wildman–Crippen MR) is 155 cm³/mol. The number of nitrogens with one attached hydrogen (secondary N) is 2. The summed E-state index contributed by atoms with van der Waals surface area (Å²) in [5, 5.41) is 5.84. The fourth-order valence-electron chi connectivity index (χ4n) is 5.49. The number of aromatic nitrogens is 1. The zero-order valence-corrected chi connectivity index (χ0v) is 23.4. The van der Waals surface area contributed by atoms with Gasteiger partial charge < -0.3 is 24.9 Å². The van der Waals surface area contributed by atoms with Crippen molar-refractivity contribution in [1.29, 1.82) is 0 Å². The van der Waals surface area contributed by atoms with Crippen LogP contribution in [0.25, 0.3) is 22.8 Å². The third kappa shape index (κ3) is 6.16. The molecule has 2 fully saturated rings. The highest BCUT2D eigenvalue weighted by atomic mass is 16.4. The number of hydrogen-bond donors (Lipinski definition) is 2. The molecule has 0 radical (unpaired) electrons. The molecule has 0 saturated carbocycles. The number of rotatable bonds is 8. The number of anilines is 2. The zero-order valence-electron chi connectivity index (χ0n) is 23.4. The van der Waals surface area contributed by atoms with Gasteiger partial charge in [0.1, 0.15) is 12.1 Å². The number of oxazole rings is 1. The Hall–Kier alpha value is -4.47. The van der Waals surface area contributed by atoms with E-state index in [9.17, 15) is 19.2 Å². The Morgan fingerprint density at radius 1 is 0.756 bits per heavy atom. The molecule has 2 aliphatic rings. The van der Waals surface area contributed by atoms with Gasteiger partial charge in [0, 0.05) is 48.4 Å². The lowest BCUT2D eigenvalue weighted by molar-refractivity contribution is -0.136. The second kappa shape index (κ2) is 12.4. The Labute approximate surface area is 239 Å². The molecule has 0 bridgehead atoms. The third-order valence-corrected chi connectivity index (χ3v) is 7.70. The molecule has 4 amide bonds. The van der Waals surface area contributed by atoms with E-state index in [0.717, 1.165) is 24.0 Å². The van der Waals surface area contributed by atoms with Crippen LogP contribution in [0.1, 0.15) is 52.4 Å². The molecular formula is C31H35N5O5. The molecule has 0 spiro atoms. The lowest BCUT2D eigenvalue weighted by Gasteiger charge is -2.23. The molecule has 10 nitrogen and oxygen atoms in total. The van der Waals surface area contributed by atoms with Crippen LogP contribution >= 0.6 is 0 Å². The van der Waals surface area contributed by atoms with Gasteiger partial charge in [-0.15, -0.1) is 0 Å². The molecule has 3 aromatic rings. The van der Waals surface area contributed by atoms with Gasteiger partial charge >= 0.3 is 0 Å². The van der Waals surface area contributed by atoms with Crippen molar-refractivity contribution in [2.45, 2.75) is 64.5 Å². The van der Waals surface area contributed by atoms with Crippen molar-refractivity contribution in [2.75, 3.05) is 23.7 Å². The number of carbonyl (C=O) groups is 4. The molecule has 2 saturated heterocycles. The van der Waals surface area contributed by atoms with Crippen LogP contribution in [0.4, 0.5) is 11.4 Å². The lowest BCUT2D eigenvalue weighted by Crippen LogP contribution is -2.42. The Balaban J connectivity index is 1.19. The molecule has 5 rings (SSSR count). The van der Waals surface area contributed by atoms with Gasteiger partial charge in [-0.1, -0.05) is 13.8 Å². The number of likely N-dealkylation sites (tertiary alicyclic amines) is 2. The quantitative estimate of drug-likeness (QED) is 0.414. The van der Waals surface area contributed by atoms with Gasteiger partial charge in [0.25, 0.3) is 0 Å². The standard InChI is InChI=1S/C31H35N5O5/c1-3-27(37)35-17-5-7-24(35)29(39)33-22-13-9-20(10-14-22)26-19-32-31(41-26)21-11-15-23(16-12-21)34-30(40)25-8-6-18-36(25)28(38)4-2/h9-16,19,24-25H,3-8,17-18H2,1-2H3,(H,33,39)(H,34,40)/t24-,25-/m0/s1. The summed E-state index contributed by atoms with van der Waals surface area (Å²) >= 11 is 0. The van der Waals surface area contributed by atoms with E-state index in [1.165, 1.54) is 0 Å². The first kappa shape index (κ1) is 28.1. The molecule has 2 aromatic carbocycles. The molecule has 41 heavy (non-hydrogen) atoms. The molecule has 1 aromatic heterocycles. The SMILES string of the molecule is CCC(=O)N1CCC[C@H]1C(=O)Nc1ccc(-c2cnc(-c3ccc(NC(=O)[C@@H]4CCCN4C(=O)CC)cc3)o2)cc1. The van der Waals surface area contributed by atoms with E-state index in [1.54, 1.807) is 54.1 Å². The predicted octanol–water partition coefficient (Wildman–Crippen LogP) is 4.69. The number of amides is 4. The van der Waals surface area contributed by atoms with E-state index in [0.29, 0.717) is 61.8 Å². The largest absolute Gasteiger partial charge is 0.436 e. The Kier molecular flexibility index (Phi) is 8.47. The van der Waals surface area contributed by atoms with Crippen molar-refractivity contribution in [3.8, 4) is 22.8 Å². The van der Waals surface area contributed by atoms with Crippen LogP contribution < -0.4 is 10.6 Å². The minimum absolute atomic E-state index is 0.000900. The van der Waals surface area contributed by atoms with E-state index in [-0.39, 0.29) is 23.6 Å². The molecule has 2 N–H and O–H groups in total. The molecule has 0 aliphatic carbocycles. The number of nitrogens with zero attached hydrogens (tertiary/aromatic N) is 3. The first-order chi connectivity index (χ1) is 19.9. The third-order valence-electron chi connectivity index (χ3n) is 7.70.